The van der Waals surface area contributed by atoms with E-state index in [1.54, 1.807) is 20.8 Å². The number of methoxy groups -OCH3 is 2. The molecule has 1 amide bonds. The molecule has 0 radical (unpaired) electrons. The molecule has 0 bridgehead atoms. The van der Waals surface area contributed by atoms with Gasteiger partial charge in [0.15, 0.2) is 0 Å². The van der Waals surface area contributed by atoms with Crippen LogP contribution in [0.25, 0.3) is 0 Å². The summed E-state index contributed by atoms with van der Waals surface area (Å²) in [6.07, 6.45) is -0.257. The zero-order chi connectivity index (χ0) is 17.0. The smallest absolute Gasteiger partial charge is 0.410 e. The van der Waals surface area contributed by atoms with Crippen molar-refractivity contribution in [3.05, 3.63) is 0 Å². The Balaban J connectivity index is 2.58. The van der Waals surface area contributed by atoms with E-state index in [0.717, 1.165) is 0 Å². The first-order valence-corrected chi connectivity index (χ1v) is 7.89. The second-order valence-electron chi connectivity index (χ2n) is 6.00. The Kier molecular flexibility index (Phi) is 6.10. The third-order valence-corrected chi connectivity index (χ3v) is 4.40. The fourth-order valence-electron chi connectivity index (χ4n) is 1.92. The van der Waals surface area contributed by atoms with Crippen LogP contribution in [0, 0.1) is 0 Å². The summed E-state index contributed by atoms with van der Waals surface area (Å²) in [4.78, 5) is 36.5. The van der Waals surface area contributed by atoms with Crippen molar-refractivity contribution in [1.29, 1.82) is 0 Å². The van der Waals surface area contributed by atoms with Gasteiger partial charge in [0.1, 0.15) is 10.3 Å². The number of rotatable bonds is 5. The van der Waals surface area contributed by atoms with Gasteiger partial charge < -0.3 is 19.1 Å². The molecule has 7 nitrogen and oxygen atoms in total. The van der Waals surface area contributed by atoms with Crippen LogP contribution in [-0.4, -0.2) is 66.3 Å². The summed E-state index contributed by atoms with van der Waals surface area (Å²) in [5.74, 6) is -0.317. The highest BCUT2D eigenvalue weighted by Crippen LogP contribution is 2.37. The third kappa shape index (κ3) is 4.79. The minimum absolute atomic E-state index is 0.201. The Morgan fingerprint density at radius 2 is 1.73 bits per heavy atom. The van der Waals surface area contributed by atoms with Crippen LogP contribution in [0.15, 0.2) is 0 Å². The number of hydrogen-bond donors (Lipinski definition) is 0. The fraction of sp³-hybridized carbons (Fsp3) is 0.786. The highest BCUT2D eigenvalue weighted by atomic mass is 32.2. The third-order valence-electron chi connectivity index (χ3n) is 3.01. The number of nitrogens with zero attached hydrogens (tertiary/aromatic N) is 1. The van der Waals surface area contributed by atoms with Crippen LogP contribution in [-0.2, 0) is 23.8 Å². The summed E-state index contributed by atoms with van der Waals surface area (Å²) >= 11 is 1.30. The van der Waals surface area contributed by atoms with Crippen molar-refractivity contribution in [1.82, 2.24) is 4.90 Å². The molecule has 1 aliphatic rings. The topological polar surface area (TPSA) is 82.1 Å². The van der Waals surface area contributed by atoms with Gasteiger partial charge in [0.25, 0.3) is 0 Å². The van der Waals surface area contributed by atoms with E-state index in [1.807, 2.05) is 0 Å². The first-order chi connectivity index (χ1) is 10.1. The number of hydrogen-bond acceptors (Lipinski definition) is 7. The summed E-state index contributed by atoms with van der Waals surface area (Å²) in [5, 5.41) is 0. The summed E-state index contributed by atoms with van der Waals surface area (Å²) in [7, 11) is 2.62. The lowest BCUT2D eigenvalue weighted by Crippen LogP contribution is -2.66. The number of likely N-dealkylation sites (tertiary alicyclic amines) is 1. The Bertz CT molecular complexity index is 439. The molecular weight excluding hydrogens is 310 g/mol. The van der Waals surface area contributed by atoms with Crippen LogP contribution < -0.4 is 0 Å². The minimum atomic E-state index is -0.834. The Labute approximate surface area is 134 Å². The van der Waals surface area contributed by atoms with Gasteiger partial charge in [-0.05, 0) is 20.8 Å². The zero-order valence-electron chi connectivity index (χ0n) is 13.6. The van der Waals surface area contributed by atoms with Crippen molar-refractivity contribution >= 4 is 29.8 Å². The van der Waals surface area contributed by atoms with Crippen LogP contribution in [0.3, 0.4) is 0 Å². The molecular formula is C14H23NO6S. The standard InChI is InChI=1S/C14H23NO6S/c1-13(2,3)21-12(18)15-8-14(9-15,11(17)20-5)22-7-6-10(16)19-4/h6-9H2,1-5H3. The van der Waals surface area contributed by atoms with Gasteiger partial charge in [0.2, 0.25) is 0 Å². The summed E-state index contributed by atoms with van der Waals surface area (Å²) in [6, 6.07) is 0. The number of amides is 1. The molecule has 1 aliphatic heterocycles. The second-order valence-corrected chi connectivity index (χ2v) is 7.48. The van der Waals surface area contributed by atoms with E-state index < -0.39 is 22.4 Å². The average molecular weight is 333 g/mol. The SMILES string of the molecule is COC(=O)CCSC1(C(=O)OC)CN(C(=O)OC(C)(C)C)C1. The van der Waals surface area contributed by atoms with Crippen molar-refractivity contribution in [2.75, 3.05) is 33.1 Å². The molecule has 0 spiro atoms. The van der Waals surface area contributed by atoms with Gasteiger partial charge in [-0.1, -0.05) is 0 Å². The maximum Gasteiger partial charge on any atom is 0.410 e. The number of esters is 2. The highest BCUT2D eigenvalue weighted by molar-refractivity contribution is 8.01. The number of carbonyl (C=O) groups excluding carboxylic acids is 3. The number of carbonyl (C=O) groups is 3. The molecule has 0 unspecified atom stereocenters. The van der Waals surface area contributed by atoms with Gasteiger partial charge in [0, 0.05) is 5.75 Å². The molecule has 8 heteroatoms. The van der Waals surface area contributed by atoms with Gasteiger partial charge in [-0.15, -0.1) is 11.8 Å². The molecule has 0 aliphatic carbocycles. The van der Waals surface area contributed by atoms with E-state index in [-0.39, 0.29) is 25.5 Å². The van der Waals surface area contributed by atoms with Crippen LogP contribution in [0.1, 0.15) is 27.2 Å². The number of ether oxygens (including phenoxy) is 3. The molecule has 0 aromatic rings. The Morgan fingerprint density at radius 1 is 1.14 bits per heavy atom. The van der Waals surface area contributed by atoms with Gasteiger partial charge in [0.05, 0.1) is 33.7 Å². The van der Waals surface area contributed by atoms with Gasteiger partial charge in [-0.25, -0.2) is 4.79 Å². The molecule has 0 saturated carbocycles. The fourth-order valence-corrected chi connectivity index (χ4v) is 3.28. The monoisotopic (exact) mass is 333 g/mol. The lowest BCUT2D eigenvalue weighted by molar-refractivity contribution is -0.148. The van der Waals surface area contributed by atoms with Gasteiger partial charge in [-0.3, -0.25) is 9.59 Å². The van der Waals surface area contributed by atoms with Crippen molar-refractivity contribution in [2.24, 2.45) is 0 Å². The first kappa shape index (κ1) is 18.6. The highest BCUT2D eigenvalue weighted by Gasteiger charge is 2.53. The van der Waals surface area contributed by atoms with Crippen molar-refractivity contribution < 1.29 is 28.6 Å². The predicted octanol–water partition coefficient (Wildman–Crippen LogP) is 1.45. The van der Waals surface area contributed by atoms with Crippen molar-refractivity contribution in [3.8, 4) is 0 Å². The van der Waals surface area contributed by atoms with E-state index in [0.29, 0.717) is 5.75 Å². The zero-order valence-corrected chi connectivity index (χ0v) is 14.4. The molecule has 1 heterocycles. The van der Waals surface area contributed by atoms with Crippen LogP contribution in [0.2, 0.25) is 0 Å². The van der Waals surface area contributed by atoms with Crippen molar-refractivity contribution in [2.45, 2.75) is 37.5 Å². The maximum absolute atomic E-state index is 12.0. The molecule has 1 fully saturated rings. The predicted molar refractivity (Wildman–Crippen MR) is 81.6 cm³/mol. The Morgan fingerprint density at radius 3 is 2.18 bits per heavy atom. The van der Waals surface area contributed by atoms with Gasteiger partial charge in [-0.2, -0.15) is 0 Å². The summed E-state index contributed by atoms with van der Waals surface area (Å²) in [6.45, 7) is 5.76. The number of thioether (sulfide) groups is 1. The maximum atomic E-state index is 12.0. The molecule has 0 aromatic carbocycles. The van der Waals surface area contributed by atoms with Crippen LogP contribution in [0.4, 0.5) is 4.79 Å². The van der Waals surface area contributed by atoms with E-state index in [9.17, 15) is 14.4 Å². The quantitative estimate of drug-likeness (QED) is 0.556. The van der Waals surface area contributed by atoms with E-state index >= 15 is 0 Å². The molecule has 1 saturated heterocycles. The van der Waals surface area contributed by atoms with E-state index in [1.165, 1.54) is 30.9 Å². The average Bonchev–Trinajstić information content (AvgIpc) is 2.38. The molecule has 0 atom stereocenters. The van der Waals surface area contributed by atoms with Gasteiger partial charge >= 0.3 is 18.0 Å². The molecule has 22 heavy (non-hydrogen) atoms. The minimum Gasteiger partial charge on any atom is -0.469 e. The van der Waals surface area contributed by atoms with Crippen LogP contribution >= 0.6 is 11.8 Å². The normalized spacial score (nSPS) is 16.5. The van der Waals surface area contributed by atoms with E-state index in [4.69, 9.17) is 9.47 Å². The Hall–Kier alpha value is -1.44. The lowest BCUT2D eigenvalue weighted by atomic mass is 10.00. The summed E-state index contributed by atoms with van der Waals surface area (Å²) < 4.78 is 13.8. The lowest BCUT2D eigenvalue weighted by Gasteiger charge is -2.47. The summed E-state index contributed by atoms with van der Waals surface area (Å²) in [5.41, 5.74) is -0.585. The molecule has 1 rings (SSSR count). The van der Waals surface area contributed by atoms with E-state index in [2.05, 4.69) is 4.74 Å². The van der Waals surface area contributed by atoms with Crippen LogP contribution in [0.5, 0.6) is 0 Å². The largest absolute Gasteiger partial charge is 0.469 e. The first-order valence-electron chi connectivity index (χ1n) is 6.90. The molecule has 0 aromatic heterocycles. The van der Waals surface area contributed by atoms with Crippen molar-refractivity contribution in [3.63, 3.8) is 0 Å². The second kappa shape index (κ2) is 7.21. The molecule has 0 N–H and O–H groups in total. The molecule has 126 valence electrons.